The molecule has 0 amide bonds. The van der Waals surface area contributed by atoms with E-state index in [1.54, 1.807) is 11.8 Å². The molecular weight excluding hydrogens is 390 g/mol. The monoisotopic (exact) mass is 419 g/mol. The Kier molecular flexibility index (Phi) is 17.0. The van der Waals surface area contributed by atoms with E-state index in [4.69, 9.17) is 37.6 Å². The number of aliphatic carboxylic acids is 3. The quantitative estimate of drug-likeness (QED) is 0.263. The van der Waals surface area contributed by atoms with Crippen molar-refractivity contribution < 1.29 is 34.8 Å². The first-order valence-electron chi connectivity index (χ1n) is 8.15. The van der Waals surface area contributed by atoms with Gasteiger partial charge >= 0.3 is 17.9 Å². The Labute approximate surface area is 167 Å². The molecule has 0 saturated carbocycles. The second-order valence-electron chi connectivity index (χ2n) is 5.49. The molecule has 160 valence electrons. The largest absolute Gasteiger partial charge is 0.480 e. The van der Waals surface area contributed by atoms with Crippen molar-refractivity contribution in [3.8, 4) is 0 Å². The van der Waals surface area contributed by atoms with Crippen LogP contribution in [0.25, 0.3) is 0 Å². The summed E-state index contributed by atoms with van der Waals surface area (Å²) in [5, 5.41) is 32.7. The maximum absolute atomic E-state index is 10.4. The summed E-state index contributed by atoms with van der Waals surface area (Å²) in [4.78, 5) is 30.1. The summed E-state index contributed by atoms with van der Waals surface area (Å²) in [5.41, 5.74) is 16.3. The first-order valence-corrected chi connectivity index (χ1v) is 9.55. The number of benzene rings is 1. The summed E-state index contributed by atoms with van der Waals surface area (Å²) in [5.74, 6) is -2.24. The van der Waals surface area contributed by atoms with Crippen LogP contribution in [0.1, 0.15) is 12.0 Å². The topological polar surface area (TPSA) is 210 Å². The van der Waals surface area contributed by atoms with E-state index in [1.165, 1.54) is 0 Å². The standard InChI is InChI=1S/C9H11NO2.C5H11NO2S.C3H7NO3/c10-8(9(11)12)6-7-4-2-1-3-5-7;1-9-3-2-4(6)5(7)8;4-2(1-5)3(6)7/h1-5,8H,6,10H2,(H,11,12);4H,2-3,6H2,1H3,(H,7,8);2,5H,1,4H2,(H,6,7)/t8-;4-;2-/m000/s1. The highest BCUT2D eigenvalue weighted by molar-refractivity contribution is 7.98. The maximum Gasteiger partial charge on any atom is 0.322 e. The summed E-state index contributed by atoms with van der Waals surface area (Å²) in [6, 6.07) is 6.74. The van der Waals surface area contributed by atoms with Crippen LogP contribution < -0.4 is 17.2 Å². The van der Waals surface area contributed by atoms with Crippen LogP contribution >= 0.6 is 11.8 Å². The zero-order valence-electron chi connectivity index (χ0n) is 15.6. The van der Waals surface area contributed by atoms with Crippen molar-refractivity contribution >= 4 is 29.7 Å². The molecule has 0 heterocycles. The van der Waals surface area contributed by atoms with E-state index in [1.807, 2.05) is 36.6 Å². The number of carbonyl (C=O) groups is 3. The molecule has 0 unspecified atom stereocenters. The molecule has 0 aliphatic rings. The van der Waals surface area contributed by atoms with Gasteiger partial charge < -0.3 is 37.6 Å². The molecule has 10 nitrogen and oxygen atoms in total. The van der Waals surface area contributed by atoms with Gasteiger partial charge in [-0.2, -0.15) is 11.8 Å². The number of aliphatic hydroxyl groups excluding tert-OH is 1. The molecular formula is C17H29N3O7S. The summed E-state index contributed by atoms with van der Waals surface area (Å²) in [7, 11) is 0. The van der Waals surface area contributed by atoms with E-state index in [9.17, 15) is 14.4 Å². The third-order valence-electron chi connectivity index (χ3n) is 3.08. The minimum absolute atomic E-state index is 0.385. The molecule has 28 heavy (non-hydrogen) atoms. The number of rotatable bonds is 9. The molecule has 1 aromatic carbocycles. The number of thioether (sulfide) groups is 1. The Morgan fingerprint density at radius 3 is 1.68 bits per heavy atom. The minimum atomic E-state index is -1.18. The number of hydrogen-bond donors (Lipinski definition) is 7. The first-order chi connectivity index (χ1) is 13.1. The second kappa shape index (κ2) is 17.0. The first kappa shape index (κ1) is 28.0. The van der Waals surface area contributed by atoms with E-state index >= 15 is 0 Å². The lowest BCUT2D eigenvalue weighted by molar-refractivity contribution is -0.140. The lowest BCUT2D eigenvalue weighted by Crippen LogP contribution is -2.33. The normalized spacial score (nSPS) is 12.9. The van der Waals surface area contributed by atoms with Crippen LogP contribution in [0.4, 0.5) is 0 Å². The molecule has 0 bridgehead atoms. The number of hydrogen-bond acceptors (Lipinski definition) is 8. The van der Waals surface area contributed by atoms with Gasteiger partial charge in [0, 0.05) is 0 Å². The molecule has 0 spiro atoms. The lowest BCUT2D eigenvalue weighted by atomic mass is 10.1. The Morgan fingerprint density at radius 2 is 1.36 bits per heavy atom. The highest BCUT2D eigenvalue weighted by Crippen LogP contribution is 2.01. The molecule has 1 rings (SSSR count). The Bertz CT molecular complexity index is 575. The molecule has 0 fully saturated rings. The van der Waals surface area contributed by atoms with Gasteiger partial charge in [0.25, 0.3) is 0 Å². The molecule has 0 saturated heterocycles. The van der Waals surface area contributed by atoms with Gasteiger partial charge in [0.2, 0.25) is 0 Å². The lowest BCUT2D eigenvalue weighted by Gasteiger charge is -2.04. The number of nitrogens with two attached hydrogens (primary N) is 3. The van der Waals surface area contributed by atoms with Gasteiger partial charge in [-0.3, -0.25) is 14.4 Å². The summed E-state index contributed by atoms with van der Waals surface area (Å²) in [6.45, 7) is -0.505. The summed E-state index contributed by atoms with van der Waals surface area (Å²) >= 11 is 1.60. The van der Waals surface area contributed by atoms with Gasteiger partial charge in [-0.05, 0) is 30.4 Å². The van der Waals surface area contributed by atoms with E-state index in [0.717, 1.165) is 11.3 Å². The minimum Gasteiger partial charge on any atom is -0.480 e. The Hall–Kier alpha value is -2.18. The fraction of sp³-hybridized carbons (Fsp3) is 0.471. The fourth-order valence-electron chi connectivity index (χ4n) is 1.40. The molecule has 10 N–H and O–H groups in total. The van der Waals surface area contributed by atoms with Crippen LogP contribution in [-0.4, -0.2) is 75.1 Å². The van der Waals surface area contributed by atoms with Gasteiger partial charge in [-0.25, -0.2) is 0 Å². The van der Waals surface area contributed by atoms with E-state index < -0.39 is 42.6 Å². The van der Waals surface area contributed by atoms with Gasteiger partial charge in [0.15, 0.2) is 0 Å². The predicted molar refractivity (Wildman–Crippen MR) is 107 cm³/mol. The van der Waals surface area contributed by atoms with Crippen molar-refractivity contribution in [1.82, 2.24) is 0 Å². The van der Waals surface area contributed by atoms with E-state index in [-0.39, 0.29) is 0 Å². The van der Waals surface area contributed by atoms with Crippen molar-refractivity contribution in [2.45, 2.75) is 31.0 Å². The van der Waals surface area contributed by atoms with Crippen LogP contribution in [0.15, 0.2) is 30.3 Å². The van der Waals surface area contributed by atoms with Crippen LogP contribution in [-0.2, 0) is 20.8 Å². The van der Waals surface area contributed by atoms with Gasteiger partial charge in [-0.1, -0.05) is 30.3 Å². The highest BCUT2D eigenvalue weighted by Gasteiger charge is 2.11. The van der Waals surface area contributed by atoms with Gasteiger partial charge in [0.05, 0.1) is 6.61 Å². The molecule has 0 aromatic heterocycles. The average molecular weight is 420 g/mol. The van der Waals surface area contributed by atoms with Crippen LogP contribution in [0.5, 0.6) is 0 Å². The molecule has 3 atom stereocenters. The summed E-state index contributed by atoms with van der Waals surface area (Å²) in [6.07, 6.45) is 2.86. The van der Waals surface area contributed by atoms with Crippen molar-refractivity contribution in [3.05, 3.63) is 35.9 Å². The van der Waals surface area contributed by atoms with Crippen molar-refractivity contribution in [2.75, 3.05) is 18.6 Å². The third kappa shape index (κ3) is 16.0. The molecule has 0 aliphatic carbocycles. The predicted octanol–water partition coefficient (Wildman–Crippen LogP) is -0.817. The third-order valence-corrected chi connectivity index (χ3v) is 3.72. The van der Waals surface area contributed by atoms with Crippen LogP contribution in [0, 0.1) is 0 Å². The van der Waals surface area contributed by atoms with Crippen molar-refractivity contribution in [3.63, 3.8) is 0 Å². The molecule has 0 radical (unpaired) electrons. The number of carboxylic acids is 3. The van der Waals surface area contributed by atoms with Crippen molar-refractivity contribution in [1.29, 1.82) is 0 Å². The average Bonchev–Trinajstić information content (AvgIpc) is 2.66. The van der Waals surface area contributed by atoms with E-state index in [2.05, 4.69) is 0 Å². The fourth-order valence-corrected chi connectivity index (χ4v) is 1.89. The van der Waals surface area contributed by atoms with Crippen molar-refractivity contribution in [2.24, 2.45) is 17.2 Å². The van der Waals surface area contributed by atoms with Gasteiger partial charge in [0.1, 0.15) is 18.1 Å². The maximum atomic E-state index is 10.4. The zero-order chi connectivity index (χ0) is 22.1. The smallest absolute Gasteiger partial charge is 0.322 e. The zero-order valence-corrected chi connectivity index (χ0v) is 16.4. The Balaban J connectivity index is 0. The molecule has 0 aliphatic heterocycles. The molecule has 11 heteroatoms. The van der Waals surface area contributed by atoms with Crippen LogP contribution in [0.2, 0.25) is 0 Å². The molecule has 1 aromatic rings. The second-order valence-corrected chi connectivity index (χ2v) is 6.47. The van der Waals surface area contributed by atoms with E-state index in [0.29, 0.717) is 12.8 Å². The van der Waals surface area contributed by atoms with Gasteiger partial charge in [-0.15, -0.1) is 0 Å². The SMILES string of the molecule is CSCC[C@H](N)C(=O)O.N[C@@H](CO)C(=O)O.N[C@@H](Cc1ccccc1)C(=O)O. The number of carboxylic acid groups (broad SMARTS) is 3. The number of aliphatic hydroxyl groups is 1. The van der Waals surface area contributed by atoms with Crippen LogP contribution in [0.3, 0.4) is 0 Å². The highest BCUT2D eigenvalue weighted by atomic mass is 32.2. The summed E-state index contributed by atoms with van der Waals surface area (Å²) < 4.78 is 0. The Morgan fingerprint density at radius 1 is 0.893 bits per heavy atom.